The number of guanidine groups is 1. The van der Waals surface area contributed by atoms with Gasteiger partial charge < -0.3 is 26.2 Å². The van der Waals surface area contributed by atoms with E-state index in [4.69, 9.17) is 16.2 Å². The highest BCUT2D eigenvalue weighted by Gasteiger charge is 2.42. The second kappa shape index (κ2) is 15.2. The van der Waals surface area contributed by atoms with Crippen molar-refractivity contribution in [3.05, 3.63) is 35.9 Å². The molecule has 210 valence electrons. The van der Waals surface area contributed by atoms with E-state index in [9.17, 15) is 28.7 Å². The van der Waals surface area contributed by atoms with Crippen LogP contribution in [0.2, 0.25) is 0 Å². The number of Topliss-reactive ketones (excluding diaryl/α,β-unsaturated/α-hetero) is 2. The SMILES string of the molecule is CC(C)[C@H](CC(=O)OCc1ccccc1)C(=O)N1C[C@H](O)C[C@H]1C(=O)C[C@@H](CCCN=C(N)N)C(=O)CF. The number of carbonyl (C=O) groups excluding carboxylic acids is 4. The van der Waals surface area contributed by atoms with Gasteiger partial charge in [0.15, 0.2) is 17.5 Å². The molecule has 1 aromatic carbocycles. The number of halogens is 1. The molecule has 0 unspecified atom stereocenters. The predicted octanol–water partition coefficient (Wildman–Crippen LogP) is 1.52. The van der Waals surface area contributed by atoms with Gasteiger partial charge in [-0.05, 0) is 24.3 Å². The number of aliphatic hydroxyl groups is 1. The van der Waals surface area contributed by atoms with Crippen LogP contribution in [0.3, 0.4) is 0 Å². The molecule has 0 radical (unpaired) electrons. The van der Waals surface area contributed by atoms with E-state index in [2.05, 4.69) is 4.99 Å². The molecular formula is C27H39FN4O6. The lowest BCUT2D eigenvalue weighted by molar-refractivity contribution is -0.152. The molecule has 38 heavy (non-hydrogen) atoms. The highest BCUT2D eigenvalue weighted by molar-refractivity contribution is 5.94. The third-order valence-corrected chi connectivity index (χ3v) is 6.72. The molecule has 2 rings (SSSR count). The maximum Gasteiger partial charge on any atom is 0.306 e. The second-order valence-corrected chi connectivity index (χ2v) is 10.0. The Balaban J connectivity index is 2.07. The topological polar surface area (TPSA) is 165 Å². The number of aliphatic imine (C=N–C) groups is 1. The number of nitrogens with zero attached hydrogens (tertiary/aromatic N) is 2. The Bertz CT molecular complexity index is 983. The number of carbonyl (C=O) groups is 4. The Morgan fingerprint density at radius 1 is 1.16 bits per heavy atom. The van der Waals surface area contributed by atoms with Crippen molar-refractivity contribution in [2.45, 2.75) is 64.7 Å². The fourth-order valence-electron chi connectivity index (χ4n) is 4.57. The summed E-state index contributed by atoms with van der Waals surface area (Å²) in [5.41, 5.74) is 11.4. The van der Waals surface area contributed by atoms with Gasteiger partial charge in [0.1, 0.15) is 13.3 Å². The minimum atomic E-state index is -1.21. The number of likely N-dealkylation sites (tertiary alicyclic amines) is 1. The number of ether oxygens (including phenoxy) is 1. The number of amides is 1. The van der Waals surface area contributed by atoms with Crippen molar-refractivity contribution >= 4 is 29.4 Å². The van der Waals surface area contributed by atoms with Gasteiger partial charge >= 0.3 is 5.97 Å². The van der Waals surface area contributed by atoms with Crippen LogP contribution in [0.4, 0.5) is 4.39 Å². The monoisotopic (exact) mass is 534 g/mol. The van der Waals surface area contributed by atoms with Crippen LogP contribution in [0.15, 0.2) is 35.3 Å². The van der Waals surface area contributed by atoms with Gasteiger partial charge in [-0.3, -0.25) is 24.2 Å². The number of benzene rings is 1. The maximum atomic E-state index is 13.5. The van der Waals surface area contributed by atoms with Crippen molar-refractivity contribution in [3.63, 3.8) is 0 Å². The van der Waals surface area contributed by atoms with E-state index in [1.807, 2.05) is 30.3 Å². The summed E-state index contributed by atoms with van der Waals surface area (Å²) in [6.07, 6.45) is -0.780. The number of ketones is 2. The summed E-state index contributed by atoms with van der Waals surface area (Å²) in [7, 11) is 0. The highest BCUT2D eigenvalue weighted by Crippen LogP contribution is 2.28. The van der Waals surface area contributed by atoms with E-state index >= 15 is 0 Å². The number of alkyl halides is 1. The highest BCUT2D eigenvalue weighted by atomic mass is 19.1. The number of esters is 1. The molecule has 0 bridgehead atoms. The van der Waals surface area contributed by atoms with Crippen molar-refractivity contribution in [1.82, 2.24) is 4.90 Å². The first-order chi connectivity index (χ1) is 18.0. The summed E-state index contributed by atoms with van der Waals surface area (Å²) in [6.45, 7) is 2.62. The Morgan fingerprint density at radius 2 is 1.84 bits per heavy atom. The van der Waals surface area contributed by atoms with E-state index in [0.29, 0.717) is 6.42 Å². The lowest BCUT2D eigenvalue weighted by Gasteiger charge is -2.30. The molecule has 1 amide bonds. The Morgan fingerprint density at radius 3 is 2.45 bits per heavy atom. The molecule has 1 aromatic rings. The number of aliphatic hydroxyl groups excluding tert-OH is 1. The third kappa shape index (κ3) is 9.51. The van der Waals surface area contributed by atoms with Gasteiger partial charge in [-0.1, -0.05) is 44.2 Å². The quantitative estimate of drug-likeness (QED) is 0.132. The zero-order valence-corrected chi connectivity index (χ0v) is 22.1. The Labute approximate surface area is 222 Å². The van der Waals surface area contributed by atoms with Gasteiger partial charge in [0, 0.05) is 31.8 Å². The first-order valence-corrected chi connectivity index (χ1v) is 12.9. The summed E-state index contributed by atoms with van der Waals surface area (Å²) in [5, 5.41) is 10.3. The van der Waals surface area contributed by atoms with Crippen molar-refractivity contribution in [3.8, 4) is 0 Å². The molecule has 11 heteroatoms. The van der Waals surface area contributed by atoms with Crippen LogP contribution >= 0.6 is 0 Å². The number of β-amino-alcohol motifs (C(OH)–C–C–N with tert-alkyl or cyclic N) is 1. The van der Waals surface area contributed by atoms with Crippen LogP contribution in [-0.2, 0) is 30.5 Å². The molecule has 0 aliphatic carbocycles. The summed E-state index contributed by atoms with van der Waals surface area (Å²) in [4.78, 5) is 56.5. The average Bonchev–Trinajstić information content (AvgIpc) is 3.28. The minimum absolute atomic E-state index is 0.0123. The average molecular weight is 535 g/mol. The molecule has 0 saturated carbocycles. The summed E-state index contributed by atoms with van der Waals surface area (Å²) < 4.78 is 18.5. The van der Waals surface area contributed by atoms with Crippen molar-refractivity contribution in [1.29, 1.82) is 0 Å². The second-order valence-electron chi connectivity index (χ2n) is 10.0. The summed E-state index contributed by atoms with van der Waals surface area (Å²) in [6, 6.07) is 8.18. The zero-order valence-electron chi connectivity index (χ0n) is 22.1. The van der Waals surface area contributed by atoms with E-state index in [-0.39, 0.29) is 57.3 Å². The lowest BCUT2D eigenvalue weighted by Crippen LogP contribution is -2.46. The zero-order chi connectivity index (χ0) is 28.2. The van der Waals surface area contributed by atoms with Gasteiger partial charge in [-0.25, -0.2) is 4.39 Å². The number of hydrogen-bond acceptors (Lipinski definition) is 7. The molecule has 1 aliphatic heterocycles. The standard InChI is InChI=1S/C27H39FN4O6/c1-17(2)21(13-25(36)38-16-18-7-4-3-5-8-18)26(37)32-15-20(33)12-22(32)23(34)11-19(24(35)14-28)9-6-10-31-27(29)30/h3-5,7-8,17,19-22,33H,6,9-16H2,1-2H3,(H4,29,30,31)/t19-,20-,21+,22+/m1/s1. The predicted molar refractivity (Wildman–Crippen MR) is 139 cm³/mol. The number of hydrogen-bond donors (Lipinski definition) is 3. The van der Waals surface area contributed by atoms with Crippen molar-refractivity contribution in [2.75, 3.05) is 19.8 Å². The summed E-state index contributed by atoms with van der Waals surface area (Å²) in [5.74, 6) is -4.11. The van der Waals surface area contributed by atoms with E-state index in [0.717, 1.165) is 5.56 Å². The van der Waals surface area contributed by atoms with Gasteiger partial charge in [0.25, 0.3) is 0 Å². The molecular weight excluding hydrogens is 495 g/mol. The number of nitrogens with two attached hydrogens (primary N) is 2. The van der Waals surface area contributed by atoms with Crippen LogP contribution in [-0.4, -0.2) is 71.3 Å². The molecule has 0 spiro atoms. The number of rotatable bonds is 15. The summed E-state index contributed by atoms with van der Waals surface area (Å²) >= 11 is 0. The molecule has 1 aliphatic rings. The largest absolute Gasteiger partial charge is 0.461 e. The van der Waals surface area contributed by atoms with Crippen LogP contribution in [0.1, 0.15) is 51.5 Å². The molecule has 1 heterocycles. The molecule has 0 aromatic heterocycles. The molecule has 5 N–H and O–H groups in total. The van der Waals surface area contributed by atoms with Crippen LogP contribution in [0.5, 0.6) is 0 Å². The first-order valence-electron chi connectivity index (χ1n) is 12.9. The lowest BCUT2D eigenvalue weighted by atomic mass is 9.88. The smallest absolute Gasteiger partial charge is 0.306 e. The Kier molecular flexibility index (Phi) is 12.3. The molecule has 1 fully saturated rings. The van der Waals surface area contributed by atoms with E-state index in [1.165, 1.54) is 4.90 Å². The van der Waals surface area contributed by atoms with Crippen LogP contribution in [0.25, 0.3) is 0 Å². The van der Waals surface area contributed by atoms with E-state index < -0.39 is 54.1 Å². The normalized spacial score (nSPS) is 18.6. The third-order valence-electron chi connectivity index (χ3n) is 6.72. The minimum Gasteiger partial charge on any atom is -0.461 e. The fraction of sp³-hybridized carbons (Fsp3) is 0.593. The molecule has 4 atom stereocenters. The van der Waals surface area contributed by atoms with Crippen LogP contribution < -0.4 is 11.5 Å². The van der Waals surface area contributed by atoms with Gasteiger partial charge in [-0.15, -0.1) is 0 Å². The van der Waals surface area contributed by atoms with Gasteiger partial charge in [-0.2, -0.15) is 0 Å². The molecule has 10 nitrogen and oxygen atoms in total. The fourth-order valence-corrected chi connectivity index (χ4v) is 4.57. The first kappa shape index (κ1) is 30.9. The molecule has 1 saturated heterocycles. The van der Waals surface area contributed by atoms with Crippen molar-refractivity contribution < 1.29 is 33.4 Å². The van der Waals surface area contributed by atoms with Crippen molar-refractivity contribution in [2.24, 2.45) is 34.2 Å². The van der Waals surface area contributed by atoms with E-state index in [1.54, 1.807) is 13.8 Å². The van der Waals surface area contributed by atoms with Gasteiger partial charge in [0.2, 0.25) is 5.91 Å². The van der Waals surface area contributed by atoms with Crippen LogP contribution in [0, 0.1) is 17.8 Å². The maximum absolute atomic E-state index is 13.5. The Hall–Kier alpha value is -3.34. The van der Waals surface area contributed by atoms with Gasteiger partial charge in [0.05, 0.1) is 24.5 Å².